The van der Waals surface area contributed by atoms with E-state index >= 15 is 0 Å². The molecule has 0 fully saturated rings. The maximum atomic E-state index is 13.6. The minimum atomic E-state index is -0.176. The van der Waals surface area contributed by atoms with E-state index in [0.717, 1.165) is 24.8 Å². The van der Waals surface area contributed by atoms with Crippen LogP contribution in [-0.4, -0.2) is 11.0 Å². The summed E-state index contributed by atoms with van der Waals surface area (Å²) in [7, 11) is 0. The van der Waals surface area contributed by atoms with Crippen molar-refractivity contribution in [2.45, 2.75) is 58.4 Å². The zero-order valence-corrected chi connectivity index (χ0v) is 17.2. The van der Waals surface area contributed by atoms with E-state index < -0.39 is 0 Å². The predicted molar refractivity (Wildman–Crippen MR) is 118 cm³/mol. The third kappa shape index (κ3) is 5.72. The van der Waals surface area contributed by atoms with Crippen LogP contribution in [-0.2, 0) is 4.79 Å². The lowest BCUT2D eigenvalue weighted by Crippen LogP contribution is -2.38. The van der Waals surface area contributed by atoms with Crippen LogP contribution in [0.25, 0.3) is 0 Å². The second kappa shape index (κ2) is 11.3. The molecule has 2 aromatic carbocycles. The van der Waals surface area contributed by atoms with Crippen molar-refractivity contribution in [2.24, 2.45) is 5.92 Å². The minimum absolute atomic E-state index is 0.0502. The number of allylic oxidation sites excluding steroid dienone is 1. The van der Waals surface area contributed by atoms with Crippen LogP contribution in [0.1, 0.15) is 64.0 Å². The molecule has 0 radical (unpaired) electrons. The zero-order chi connectivity index (χ0) is 20.4. The highest BCUT2D eigenvalue weighted by Crippen LogP contribution is 2.36. The van der Waals surface area contributed by atoms with Gasteiger partial charge in [-0.05, 0) is 37.5 Å². The fraction of sp³-hybridized carbons (Fsp3) is 0.400. The molecule has 2 rings (SSSR count). The third-order valence-corrected chi connectivity index (χ3v) is 5.25. The Labute approximate surface area is 169 Å². The van der Waals surface area contributed by atoms with E-state index in [-0.39, 0.29) is 23.6 Å². The summed E-state index contributed by atoms with van der Waals surface area (Å²) in [6.07, 6.45) is 7.87. The van der Waals surface area contributed by atoms with Crippen molar-refractivity contribution in [3.05, 3.63) is 72.8 Å². The van der Waals surface area contributed by atoms with E-state index in [1.807, 2.05) is 55.5 Å². The summed E-state index contributed by atoms with van der Waals surface area (Å²) in [5.74, 6) is 0.0522. The number of hydrogen-bond donors (Lipinski definition) is 1. The number of nitrogens with zero attached hydrogens (tertiary/aromatic N) is 1. The fourth-order valence-corrected chi connectivity index (χ4v) is 3.62. The van der Waals surface area contributed by atoms with Gasteiger partial charge in [0.1, 0.15) is 5.75 Å². The van der Waals surface area contributed by atoms with Gasteiger partial charge in [0.05, 0.1) is 11.7 Å². The highest BCUT2D eigenvalue weighted by atomic mass is 16.3. The van der Waals surface area contributed by atoms with Gasteiger partial charge in [-0.25, -0.2) is 0 Å². The second-order valence-corrected chi connectivity index (χ2v) is 7.35. The lowest BCUT2D eigenvalue weighted by molar-refractivity contribution is -0.123. The lowest BCUT2D eigenvalue weighted by Gasteiger charge is -2.33. The molecule has 0 saturated heterocycles. The van der Waals surface area contributed by atoms with Crippen LogP contribution in [0.2, 0.25) is 0 Å². The van der Waals surface area contributed by atoms with E-state index in [9.17, 15) is 9.90 Å². The number of benzene rings is 2. The molecule has 0 aliphatic carbocycles. The summed E-state index contributed by atoms with van der Waals surface area (Å²) in [6.45, 7) is 8.06. The number of amides is 1. The topological polar surface area (TPSA) is 40.5 Å². The molecule has 2 atom stereocenters. The first-order chi connectivity index (χ1) is 13.6. The molecule has 3 nitrogen and oxygen atoms in total. The molecule has 3 heteroatoms. The molecule has 0 spiro atoms. The molecule has 1 amide bonds. The molecule has 1 N–H and O–H groups in total. The van der Waals surface area contributed by atoms with Crippen LogP contribution in [0.4, 0.5) is 5.69 Å². The van der Waals surface area contributed by atoms with Gasteiger partial charge in [-0.3, -0.25) is 4.79 Å². The summed E-state index contributed by atoms with van der Waals surface area (Å²) >= 11 is 0. The Balaban J connectivity index is 2.34. The Morgan fingerprint density at radius 2 is 1.75 bits per heavy atom. The average molecular weight is 380 g/mol. The number of unbranched alkanes of at least 4 members (excludes halogenated alkanes) is 3. The maximum Gasteiger partial charge on any atom is 0.231 e. The van der Waals surface area contributed by atoms with E-state index in [4.69, 9.17) is 0 Å². The number of para-hydroxylation sites is 2. The van der Waals surface area contributed by atoms with Crippen LogP contribution in [0.15, 0.2) is 67.3 Å². The van der Waals surface area contributed by atoms with Gasteiger partial charge in [0.2, 0.25) is 5.91 Å². The molecule has 2 aromatic rings. The monoisotopic (exact) mass is 379 g/mol. The molecule has 0 aromatic heterocycles. The highest BCUT2D eigenvalue weighted by molar-refractivity contribution is 5.97. The van der Waals surface area contributed by atoms with Crippen molar-refractivity contribution in [1.82, 2.24) is 0 Å². The van der Waals surface area contributed by atoms with Gasteiger partial charge in [-0.2, -0.15) is 0 Å². The number of phenols is 1. The van der Waals surface area contributed by atoms with E-state index in [1.165, 1.54) is 12.8 Å². The molecule has 0 aliphatic rings. The third-order valence-electron chi connectivity index (χ3n) is 5.25. The van der Waals surface area contributed by atoms with Crippen molar-refractivity contribution in [2.75, 3.05) is 4.90 Å². The van der Waals surface area contributed by atoms with Crippen LogP contribution < -0.4 is 4.90 Å². The van der Waals surface area contributed by atoms with Crippen molar-refractivity contribution >= 4 is 11.6 Å². The highest BCUT2D eigenvalue weighted by Gasteiger charge is 2.30. The quantitative estimate of drug-likeness (QED) is 0.351. The first-order valence-corrected chi connectivity index (χ1v) is 10.4. The van der Waals surface area contributed by atoms with Gasteiger partial charge in [0, 0.05) is 5.92 Å². The molecule has 0 saturated carbocycles. The Morgan fingerprint density at radius 3 is 2.39 bits per heavy atom. The van der Waals surface area contributed by atoms with Gasteiger partial charge in [-0.1, -0.05) is 81.1 Å². The van der Waals surface area contributed by atoms with Gasteiger partial charge < -0.3 is 10.0 Å². The molecule has 0 aliphatic heterocycles. The summed E-state index contributed by atoms with van der Waals surface area (Å²) in [5, 5.41) is 10.5. The van der Waals surface area contributed by atoms with Crippen LogP contribution in [0, 0.1) is 5.92 Å². The summed E-state index contributed by atoms with van der Waals surface area (Å²) in [4.78, 5) is 15.4. The Morgan fingerprint density at radius 1 is 1.07 bits per heavy atom. The number of carbonyl (C=O) groups excluding carboxylic acids is 1. The van der Waals surface area contributed by atoms with Crippen LogP contribution in [0.3, 0.4) is 0 Å². The van der Waals surface area contributed by atoms with E-state index in [0.29, 0.717) is 12.1 Å². The first kappa shape index (κ1) is 21.7. The molecule has 28 heavy (non-hydrogen) atoms. The number of phenolic OH excluding ortho intramolecular Hbond substituents is 1. The molecule has 0 unspecified atom stereocenters. The average Bonchev–Trinajstić information content (AvgIpc) is 2.72. The Kier molecular flexibility index (Phi) is 8.80. The number of anilines is 1. The fourth-order valence-electron chi connectivity index (χ4n) is 3.62. The second-order valence-electron chi connectivity index (χ2n) is 7.35. The molecule has 150 valence electrons. The standard InChI is InChI=1S/C25H33NO2/c1-4-6-7-9-17-22(14-5-2)25(28)26(23-18-12-13-19-24(23)27)20(3)21-15-10-8-11-16-21/h5,8,10-13,15-16,18-20,22,27H,2,4,6-7,9,14,17H2,1,3H3/t20-,22+/m0/s1. The van der Waals surface area contributed by atoms with Crippen molar-refractivity contribution in [3.63, 3.8) is 0 Å². The first-order valence-electron chi connectivity index (χ1n) is 10.4. The minimum Gasteiger partial charge on any atom is -0.506 e. The smallest absolute Gasteiger partial charge is 0.231 e. The number of hydrogen-bond acceptors (Lipinski definition) is 2. The molecule has 0 bridgehead atoms. The predicted octanol–water partition coefficient (Wildman–Crippen LogP) is 6.65. The van der Waals surface area contributed by atoms with Crippen LogP contribution in [0.5, 0.6) is 5.75 Å². The maximum absolute atomic E-state index is 13.6. The summed E-state index contributed by atoms with van der Waals surface area (Å²) in [5.41, 5.74) is 1.61. The molecular weight excluding hydrogens is 346 g/mol. The van der Waals surface area contributed by atoms with Gasteiger partial charge in [0.25, 0.3) is 0 Å². The summed E-state index contributed by atoms with van der Waals surface area (Å²) < 4.78 is 0. The molecular formula is C25H33NO2. The SMILES string of the molecule is C=CC[C@H](CCCCCC)C(=O)N(c1ccccc1O)[C@@H](C)c1ccccc1. The van der Waals surface area contributed by atoms with Crippen molar-refractivity contribution in [3.8, 4) is 5.75 Å². The lowest BCUT2D eigenvalue weighted by atomic mass is 9.94. The van der Waals surface area contributed by atoms with Gasteiger partial charge in [0.15, 0.2) is 0 Å². The normalized spacial score (nSPS) is 12.9. The number of rotatable bonds is 11. The molecule has 0 heterocycles. The number of carbonyl (C=O) groups is 1. The van der Waals surface area contributed by atoms with Crippen molar-refractivity contribution < 1.29 is 9.90 Å². The summed E-state index contributed by atoms with van der Waals surface area (Å²) in [6, 6.07) is 16.9. The Bertz CT molecular complexity index is 741. The zero-order valence-electron chi connectivity index (χ0n) is 17.2. The van der Waals surface area contributed by atoms with E-state index in [1.54, 1.807) is 17.0 Å². The number of aromatic hydroxyl groups is 1. The van der Waals surface area contributed by atoms with Gasteiger partial charge in [-0.15, -0.1) is 6.58 Å². The van der Waals surface area contributed by atoms with Crippen molar-refractivity contribution in [1.29, 1.82) is 0 Å². The van der Waals surface area contributed by atoms with E-state index in [2.05, 4.69) is 13.5 Å². The Hall–Kier alpha value is -2.55. The van der Waals surface area contributed by atoms with Gasteiger partial charge >= 0.3 is 0 Å². The largest absolute Gasteiger partial charge is 0.506 e. The van der Waals surface area contributed by atoms with Crippen LogP contribution >= 0.6 is 0 Å².